The standard InChI is InChI=1S/C24H22N6OS/c1-13(31)21-2-3-22(32-21)24-15-11-19(28-17(15)6-9-26-24)23-16-10-18(14-4-7-25-8-5-14)27-12-20(16)29-30-23/h2-3,6,9-12,14,25,28H,4-5,7-8H2,1H3,(H,29,30). The number of hydrogen-bond donors (Lipinski definition) is 3. The third-order valence-electron chi connectivity index (χ3n) is 6.22. The number of pyridine rings is 2. The Bertz CT molecular complexity index is 1460. The SMILES string of the molecule is CC(=O)c1ccc(-c2nccc3[nH]c(-c4n[nH]c5cnc(C6CCNCC6)cc45)cc23)s1. The van der Waals surface area contributed by atoms with Crippen LogP contribution in [0.2, 0.25) is 0 Å². The zero-order valence-electron chi connectivity index (χ0n) is 17.6. The summed E-state index contributed by atoms with van der Waals surface area (Å²) in [5.41, 5.74) is 5.75. The largest absolute Gasteiger partial charge is 0.353 e. The van der Waals surface area contributed by atoms with Gasteiger partial charge >= 0.3 is 0 Å². The van der Waals surface area contributed by atoms with Crippen LogP contribution in [-0.2, 0) is 0 Å². The number of nitrogens with zero attached hydrogens (tertiary/aromatic N) is 3. The molecule has 7 nitrogen and oxygen atoms in total. The minimum absolute atomic E-state index is 0.0735. The van der Waals surface area contributed by atoms with Crippen LogP contribution in [0.5, 0.6) is 0 Å². The molecule has 0 saturated carbocycles. The number of carbonyl (C=O) groups excluding carboxylic acids is 1. The van der Waals surface area contributed by atoms with E-state index in [1.54, 1.807) is 13.1 Å². The van der Waals surface area contributed by atoms with Gasteiger partial charge in [0.25, 0.3) is 0 Å². The van der Waals surface area contributed by atoms with E-state index >= 15 is 0 Å². The second-order valence-corrected chi connectivity index (χ2v) is 9.36. The first-order chi connectivity index (χ1) is 15.7. The summed E-state index contributed by atoms with van der Waals surface area (Å²) in [6.07, 6.45) is 5.91. The van der Waals surface area contributed by atoms with Gasteiger partial charge in [-0.1, -0.05) is 0 Å². The average Bonchev–Trinajstić information content (AvgIpc) is 3.56. The molecule has 0 aliphatic carbocycles. The van der Waals surface area contributed by atoms with E-state index in [1.807, 2.05) is 24.4 Å². The number of nitrogens with one attached hydrogen (secondary N) is 3. The normalized spacial score (nSPS) is 15.0. The molecule has 0 aromatic carbocycles. The molecule has 0 amide bonds. The number of aromatic nitrogens is 5. The van der Waals surface area contributed by atoms with Crippen LogP contribution in [-0.4, -0.2) is 44.0 Å². The van der Waals surface area contributed by atoms with E-state index in [2.05, 4.69) is 37.6 Å². The van der Waals surface area contributed by atoms with E-state index in [0.29, 0.717) is 5.92 Å². The Morgan fingerprint density at radius 3 is 2.69 bits per heavy atom. The highest BCUT2D eigenvalue weighted by Gasteiger charge is 2.20. The number of carbonyl (C=O) groups is 1. The molecule has 1 aliphatic rings. The predicted molar refractivity (Wildman–Crippen MR) is 127 cm³/mol. The van der Waals surface area contributed by atoms with Gasteiger partial charge in [0.2, 0.25) is 0 Å². The molecular formula is C24H22N6OS. The van der Waals surface area contributed by atoms with E-state index in [9.17, 15) is 4.79 Å². The van der Waals surface area contributed by atoms with Crippen molar-refractivity contribution in [3.05, 3.63) is 53.3 Å². The van der Waals surface area contributed by atoms with Crippen molar-refractivity contribution in [3.63, 3.8) is 0 Å². The molecule has 6 heterocycles. The Morgan fingerprint density at radius 2 is 1.88 bits per heavy atom. The lowest BCUT2D eigenvalue weighted by Crippen LogP contribution is -2.27. The number of fused-ring (bicyclic) bond motifs is 2. The maximum Gasteiger partial charge on any atom is 0.169 e. The smallest absolute Gasteiger partial charge is 0.169 e. The summed E-state index contributed by atoms with van der Waals surface area (Å²) in [5.74, 6) is 0.556. The molecule has 0 radical (unpaired) electrons. The summed E-state index contributed by atoms with van der Waals surface area (Å²) in [5, 5.41) is 13.2. The number of piperidine rings is 1. The zero-order valence-corrected chi connectivity index (χ0v) is 18.4. The first-order valence-corrected chi connectivity index (χ1v) is 11.6. The number of ketones is 1. The lowest BCUT2D eigenvalue weighted by molar-refractivity contribution is 0.102. The van der Waals surface area contributed by atoms with Crippen molar-refractivity contribution in [3.8, 4) is 22.0 Å². The van der Waals surface area contributed by atoms with E-state index in [0.717, 1.165) is 80.3 Å². The molecule has 0 unspecified atom stereocenters. The maximum absolute atomic E-state index is 11.7. The summed E-state index contributed by atoms with van der Waals surface area (Å²) in [7, 11) is 0. The number of thiophene rings is 1. The number of aromatic amines is 2. The van der Waals surface area contributed by atoms with Gasteiger partial charge in [-0.2, -0.15) is 5.10 Å². The summed E-state index contributed by atoms with van der Waals surface area (Å²) < 4.78 is 0. The highest BCUT2D eigenvalue weighted by molar-refractivity contribution is 7.17. The van der Waals surface area contributed by atoms with E-state index < -0.39 is 0 Å². The molecule has 1 aliphatic heterocycles. The number of rotatable bonds is 4. The third kappa shape index (κ3) is 3.23. The molecule has 0 spiro atoms. The Morgan fingerprint density at radius 1 is 1.03 bits per heavy atom. The summed E-state index contributed by atoms with van der Waals surface area (Å²) >= 11 is 1.47. The molecule has 1 saturated heterocycles. The van der Waals surface area contributed by atoms with Crippen molar-refractivity contribution in [1.29, 1.82) is 0 Å². The van der Waals surface area contributed by atoms with Crippen LogP contribution in [0.3, 0.4) is 0 Å². The second kappa shape index (κ2) is 7.65. The van der Waals surface area contributed by atoms with E-state index in [-0.39, 0.29) is 5.78 Å². The van der Waals surface area contributed by atoms with Crippen LogP contribution in [0.4, 0.5) is 0 Å². The van der Waals surface area contributed by atoms with Crippen molar-refractivity contribution in [2.45, 2.75) is 25.7 Å². The summed E-state index contributed by atoms with van der Waals surface area (Å²) in [4.78, 5) is 26.3. The predicted octanol–water partition coefficient (Wildman–Crippen LogP) is 4.90. The molecule has 5 aromatic heterocycles. The number of H-pyrrole nitrogens is 2. The van der Waals surface area contributed by atoms with Crippen molar-refractivity contribution >= 4 is 38.9 Å². The van der Waals surface area contributed by atoms with Crippen molar-refractivity contribution in [2.24, 2.45) is 0 Å². The Balaban J connectivity index is 1.44. The van der Waals surface area contributed by atoms with Gasteiger partial charge in [-0.3, -0.25) is 19.9 Å². The minimum Gasteiger partial charge on any atom is -0.353 e. The van der Waals surface area contributed by atoms with Crippen LogP contribution in [0.15, 0.2) is 42.7 Å². The van der Waals surface area contributed by atoms with Crippen molar-refractivity contribution < 1.29 is 4.79 Å². The quantitative estimate of drug-likeness (QED) is 0.344. The third-order valence-corrected chi connectivity index (χ3v) is 7.41. The van der Waals surface area contributed by atoms with Crippen LogP contribution < -0.4 is 5.32 Å². The van der Waals surface area contributed by atoms with Gasteiger partial charge < -0.3 is 10.3 Å². The van der Waals surface area contributed by atoms with Gasteiger partial charge in [0.1, 0.15) is 5.69 Å². The molecule has 160 valence electrons. The number of hydrogen-bond acceptors (Lipinski definition) is 6. The first kappa shape index (κ1) is 19.3. The molecule has 8 heteroatoms. The Kier molecular flexibility index (Phi) is 4.62. The highest BCUT2D eigenvalue weighted by Crippen LogP contribution is 2.36. The van der Waals surface area contributed by atoms with E-state index in [1.165, 1.54) is 11.3 Å². The average molecular weight is 443 g/mol. The van der Waals surface area contributed by atoms with Crippen LogP contribution in [0, 0.1) is 0 Å². The van der Waals surface area contributed by atoms with Gasteiger partial charge in [-0.05, 0) is 63.2 Å². The van der Waals surface area contributed by atoms with Gasteiger partial charge in [0.15, 0.2) is 5.78 Å². The van der Waals surface area contributed by atoms with Gasteiger partial charge in [0, 0.05) is 34.1 Å². The molecule has 3 N–H and O–H groups in total. The van der Waals surface area contributed by atoms with Gasteiger partial charge in [-0.15, -0.1) is 11.3 Å². The lowest BCUT2D eigenvalue weighted by atomic mass is 9.93. The fourth-order valence-electron chi connectivity index (χ4n) is 4.51. The number of Topliss-reactive ketones (excluding diaryl/α,β-unsaturated/α-hetero) is 1. The highest BCUT2D eigenvalue weighted by atomic mass is 32.1. The molecule has 0 atom stereocenters. The second-order valence-electron chi connectivity index (χ2n) is 8.28. The van der Waals surface area contributed by atoms with Crippen LogP contribution >= 0.6 is 11.3 Å². The maximum atomic E-state index is 11.7. The van der Waals surface area contributed by atoms with Crippen molar-refractivity contribution in [1.82, 2.24) is 30.5 Å². The first-order valence-electron chi connectivity index (χ1n) is 10.8. The van der Waals surface area contributed by atoms with Gasteiger partial charge in [0.05, 0.1) is 32.9 Å². The Hall–Kier alpha value is -3.36. The van der Waals surface area contributed by atoms with Crippen LogP contribution in [0.1, 0.15) is 41.0 Å². The molecule has 32 heavy (non-hydrogen) atoms. The topological polar surface area (TPSA) is 99.4 Å². The Labute approximate surface area is 188 Å². The summed E-state index contributed by atoms with van der Waals surface area (Å²) in [6.45, 7) is 3.66. The monoisotopic (exact) mass is 442 g/mol. The van der Waals surface area contributed by atoms with Crippen LogP contribution in [0.25, 0.3) is 43.8 Å². The minimum atomic E-state index is 0.0735. The van der Waals surface area contributed by atoms with E-state index in [4.69, 9.17) is 4.98 Å². The lowest BCUT2D eigenvalue weighted by Gasteiger charge is -2.22. The van der Waals surface area contributed by atoms with Gasteiger partial charge in [-0.25, -0.2) is 0 Å². The molecular weight excluding hydrogens is 420 g/mol. The summed E-state index contributed by atoms with van der Waals surface area (Å²) in [6, 6.07) is 10.1. The molecule has 0 bridgehead atoms. The fraction of sp³-hybridized carbons (Fsp3) is 0.250. The molecule has 1 fully saturated rings. The molecule has 5 aromatic rings. The van der Waals surface area contributed by atoms with Crippen molar-refractivity contribution in [2.75, 3.05) is 13.1 Å². The molecule has 6 rings (SSSR count). The zero-order chi connectivity index (χ0) is 21.7. The fourth-order valence-corrected chi connectivity index (χ4v) is 5.42.